The Morgan fingerprint density at radius 3 is 2.68 bits per heavy atom. The Balaban J connectivity index is 2.10. The third kappa shape index (κ3) is 2.81. The molecule has 2 rings (SSSR count). The number of hydrogen-bond donors (Lipinski definition) is 2. The van der Waals surface area contributed by atoms with Crippen molar-refractivity contribution in [2.24, 2.45) is 5.92 Å². The van der Waals surface area contributed by atoms with Crippen molar-refractivity contribution in [3.8, 4) is 0 Å². The van der Waals surface area contributed by atoms with Crippen LogP contribution in [0.3, 0.4) is 0 Å². The second-order valence-electron chi connectivity index (χ2n) is 5.72. The van der Waals surface area contributed by atoms with Crippen LogP contribution in [0.1, 0.15) is 44.2 Å². The van der Waals surface area contributed by atoms with Crippen LogP contribution >= 0.6 is 0 Å². The number of benzene rings is 1. The van der Waals surface area contributed by atoms with Gasteiger partial charge in [-0.1, -0.05) is 19.4 Å². The van der Waals surface area contributed by atoms with Gasteiger partial charge >= 0.3 is 0 Å². The predicted molar refractivity (Wildman–Crippen MR) is 77.2 cm³/mol. The summed E-state index contributed by atoms with van der Waals surface area (Å²) in [6.07, 6.45) is 3.93. The van der Waals surface area contributed by atoms with Gasteiger partial charge in [0, 0.05) is 5.69 Å². The molecule has 0 heterocycles. The molecular weight excluding hydrogens is 238 g/mol. The maximum atomic E-state index is 12.2. The van der Waals surface area contributed by atoms with Crippen molar-refractivity contribution in [1.29, 1.82) is 0 Å². The first-order chi connectivity index (χ1) is 8.95. The van der Waals surface area contributed by atoms with Gasteiger partial charge < -0.3 is 10.4 Å². The van der Waals surface area contributed by atoms with Crippen molar-refractivity contribution >= 4 is 11.6 Å². The minimum Gasteiger partial charge on any atom is -0.380 e. The molecule has 0 spiro atoms. The first kappa shape index (κ1) is 14.1. The van der Waals surface area contributed by atoms with Crippen molar-refractivity contribution in [3.05, 3.63) is 29.3 Å². The molecule has 1 aromatic rings. The Bertz CT molecular complexity index is 476. The number of aryl methyl sites for hydroxylation is 2. The van der Waals surface area contributed by atoms with Crippen LogP contribution in [0.5, 0.6) is 0 Å². The van der Waals surface area contributed by atoms with Gasteiger partial charge in [-0.05, 0) is 62.3 Å². The van der Waals surface area contributed by atoms with Crippen LogP contribution in [0.25, 0.3) is 0 Å². The Morgan fingerprint density at radius 1 is 1.47 bits per heavy atom. The van der Waals surface area contributed by atoms with Gasteiger partial charge in [0.2, 0.25) is 0 Å². The Hall–Kier alpha value is -1.35. The summed E-state index contributed by atoms with van der Waals surface area (Å²) in [5.74, 6) is -0.188. The molecule has 19 heavy (non-hydrogen) atoms. The molecule has 2 N–H and O–H groups in total. The van der Waals surface area contributed by atoms with Crippen molar-refractivity contribution in [2.75, 3.05) is 5.32 Å². The van der Waals surface area contributed by atoms with E-state index in [0.29, 0.717) is 0 Å². The first-order valence-electron chi connectivity index (χ1n) is 7.08. The third-order valence-corrected chi connectivity index (χ3v) is 4.35. The predicted octanol–water partition coefficient (Wildman–Crippen LogP) is 3.05. The smallest absolute Gasteiger partial charge is 0.256 e. The maximum absolute atomic E-state index is 12.2. The van der Waals surface area contributed by atoms with Crippen molar-refractivity contribution in [1.82, 2.24) is 0 Å². The molecule has 1 aliphatic carbocycles. The fourth-order valence-electron chi connectivity index (χ4n) is 2.54. The summed E-state index contributed by atoms with van der Waals surface area (Å²) < 4.78 is 0. The molecule has 1 fully saturated rings. The number of rotatable bonds is 4. The van der Waals surface area contributed by atoms with Crippen molar-refractivity contribution in [2.45, 2.75) is 52.1 Å². The van der Waals surface area contributed by atoms with Gasteiger partial charge in [0.15, 0.2) is 0 Å². The molecule has 0 bridgehead atoms. The van der Waals surface area contributed by atoms with Gasteiger partial charge in [-0.3, -0.25) is 4.79 Å². The van der Waals surface area contributed by atoms with E-state index in [1.807, 2.05) is 18.2 Å². The quantitative estimate of drug-likeness (QED) is 0.875. The van der Waals surface area contributed by atoms with Gasteiger partial charge in [0.05, 0.1) is 0 Å². The highest BCUT2D eigenvalue weighted by Gasteiger charge is 2.42. The summed E-state index contributed by atoms with van der Waals surface area (Å²) in [5.41, 5.74) is 1.97. The van der Waals surface area contributed by atoms with Crippen LogP contribution in [0, 0.1) is 12.8 Å². The average Bonchev–Trinajstić information content (AvgIpc) is 2.28. The van der Waals surface area contributed by atoms with E-state index in [1.54, 1.807) is 6.92 Å². The van der Waals surface area contributed by atoms with E-state index in [2.05, 4.69) is 19.2 Å². The number of carbonyl (C=O) groups is 1. The van der Waals surface area contributed by atoms with E-state index >= 15 is 0 Å². The zero-order chi connectivity index (χ0) is 14.0. The van der Waals surface area contributed by atoms with E-state index in [-0.39, 0.29) is 11.8 Å². The van der Waals surface area contributed by atoms with Crippen LogP contribution in [-0.4, -0.2) is 16.6 Å². The van der Waals surface area contributed by atoms with Crippen LogP contribution in [0.2, 0.25) is 0 Å². The van der Waals surface area contributed by atoms with Gasteiger partial charge in [-0.2, -0.15) is 0 Å². The monoisotopic (exact) mass is 261 g/mol. The van der Waals surface area contributed by atoms with Crippen LogP contribution in [0.15, 0.2) is 18.2 Å². The Morgan fingerprint density at radius 2 is 2.16 bits per heavy atom. The molecule has 1 aliphatic rings. The summed E-state index contributed by atoms with van der Waals surface area (Å²) in [6, 6.07) is 5.89. The van der Waals surface area contributed by atoms with Crippen LogP contribution < -0.4 is 5.32 Å². The maximum Gasteiger partial charge on any atom is 0.256 e. The molecule has 0 radical (unpaired) electrons. The summed E-state index contributed by atoms with van der Waals surface area (Å²) in [4.78, 5) is 12.2. The van der Waals surface area contributed by atoms with Gasteiger partial charge in [-0.15, -0.1) is 0 Å². The first-order valence-corrected chi connectivity index (χ1v) is 7.08. The molecule has 0 aromatic heterocycles. The lowest BCUT2D eigenvalue weighted by Crippen LogP contribution is -2.49. The SMILES string of the molecule is CCc1cc(NC(=O)C(C)(O)C2CCC2)ccc1C. The Kier molecular flexibility index (Phi) is 3.95. The van der Waals surface area contributed by atoms with Crippen LogP contribution in [0.4, 0.5) is 5.69 Å². The number of nitrogens with one attached hydrogen (secondary N) is 1. The second kappa shape index (κ2) is 5.33. The van der Waals surface area contributed by atoms with E-state index in [4.69, 9.17) is 0 Å². The number of anilines is 1. The molecular formula is C16H23NO2. The minimum absolute atomic E-state index is 0.101. The van der Waals surface area contributed by atoms with Gasteiger partial charge in [0.1, 0.15) is 5.60 Å². The highest BCUT2D eigenvalue weighted by molar-refractivity contribution is 5.97. The largest absolute Gasteiger partial charge is 0.380 e. The van der Waals surface area contributed by atoms with E-state index in [9.17, 15) is 9.90 Å². The van der Waals surface area contributed by atoms with E-state index < -0.39 is 5.60 Å². The highest BCUT2D eigenvalue weighted by Crippen LogP contribution is 2.36. The fourth-order valence-corrected chi connectivity index (χ4v) is 2.54. The molecule has 1 aromatic carbocycles. The fraction of sp³-hybridized carbons (Fsp3) is 0.562. The average molecular weight is 261 g/mol. The molecule has 0 saturated heterocycles. The van der Waals surface area contributed by atoms with Crippen molar-refractivity contribution in [3.63, 3.8) is 0 Å². The van der Waals surface area contributed by atoms with E-state index in [1.165, 1.54) is 11.1 Å². The summed E-state index contributed by atoms with van der Waals surface area (Å²) in [6.45, 7) is 5.79. The summed E-state index contributed by atoms with van der Waals surface area (Å²) in [7, 11) is 0. The van der Waals surface area contributed by atoms with E-state index in [0.717, 1.165) is 31.4 Å². The number of amides is 1. The molecule has 3 heteroatoms. The normalized spacial score (nSPS) is 18.5. The highest BCUT2D eigenvalue weighted by atomic mass is 16.3. The second-order valence-corrected chi connectivity index (χ2v) is 5.72. The van der Waals surface area contributed by atoms with Crippen molar-refractivity contribution < 1.29 is 9.90 Å². The molecule has 1 amide bonds. The number of aliphatic hydroxyl groups is 1. The third-order valence-electron chi connectivity index (χ3n) is 4.35. The zero-order valence-corrected chi connectivity index (χ0v) is 12.0. The lowest BCUT2D eigenvalue weighted by molar-refractivity contribution is -0.141. The van der Waals surface area contributed by atoms with Crippen LogP contribution in [-0.2, 0) is 11.2 Å². The Labute approximate surface area is 115 Å². The van der Waals surface area contributed by atoms with Gasteiger partial charge in [-0.25, -0.2) is 0 Å². The minimum atomic E-state index is -1.25. The molecule has 104 valence electrons. The van der Waals surface area contributed by atoms with Gasteiger partial charge in [0.25, 0.3) is 5.91 Å². The molecule has 1 saturated carbocycles. The molecule has 0 aliphatic heterocycles. The summed E-state index contributed by atoms with van der Waals surface area (Å²) in [5, 5.41) is 13.2. The zero-order valence-electron chi connectivity index (χ0n) is 12.0. The molecule has 3 nitrogen and oxygen atoms in total. The molecule has 1 unspecified atom stereocenters. The lowest BCUT2D eigenvalue weighted by atomic mass is 9.73. The number of hydrogen-bond acceptors (Lipinski definition) is 2. The standard InChI is InChI=1S/C16H23NO2/c1-4-12-10-14(9-8-11(12)2)17-15(18)16(3,19)13-6-5-7-13/h8-10,13,19H,4-7H2,1-3H3,(H,17,18). The summed E-state index contributed by atoms with van der Waals surface area (Å²) >= 11 is 0. The molecule has 1 atom stereocenters. The topological polar surface area (TPSA) is 49.3 Å². The number of carbonyl (C=O) groups excluding carboxylic acids is 1. The lowest BCUT2D eigenvalue weighted by Gasteiger charge is -2.37.